The van der Waals surface area contributed by atoms with Crippen molar-refractivity contribution in [2.45, 2.75) is 0 Å². The second-order valence-corrected chi connectivity index (χ2v) is 6.23. The van der Waals surface area contributed by atoms with Gasteiger partial charge in [0, 0.05) is 46.6 Å². The van der Waals surface area contributed by atoms with Crippen LogP contribution in [0.25, 0.3) is 17.0 Å². The van der Waals surface area contributed by atoms with Gasteiger partial charge in [-0.15, -0.1) is 0 Å². The molecule has 0 unspecified atom stereocenters. The third-order valence-electron chi connectivity index (χ3n) is 3.87. The third kappa shape index (κ3) is 2.33. The molecule has 0 saturated heterocycles. The number of nitrogens with one attached hydrogen (secondary N) is 1. The minimum absolute atomic E-state index is 0.250. The molecule has 7 heteroatoms. The second kappa shape index (κ2) is 5.68. The van der Waals surface area contributed by atoms with Crippen molar-refractivity contribution in [3.05, 3.63) is 64.3 Å². The van der Waals surface area contributed by atoms with Crippen LogP contribution in [-0.2, 0) is 11.8 Å². The number of fused-ring (bicyclic) bond motifs is 1. The molecule has 0 spiro atoms. The number of hydrazone groups is 1. The molecule has 4 rings (SSSR count). The topological polar surface area (TPSA) is 72.2 Å². The zero-order chi connectivity index (χ0) is 16.7. The quantitative estimate of drug-likeness (QED) is 0.693. The molecule has 6 nitrogen and oxygen atoms in total. The number of carbonyl (C=O) groups is 1. The summed E-state index contributed by atoms with van der Waals surface area (Å²) < 4.78 is 3.00. The Kier molecular flexibility index (Phi) is 3.50. The van der Waals surface area contributed by atoms with Crippen molar-refractivity contribution >= 4 is 44.5 Å². The highest BCUT2D eigenvalue weighted by molar-refractivity contribution is 9.10. The summed E-state index contributed by atoms with van der Waals surface area (Å²) in [5.74, 6) is -0.250. The van der Waals surface area contributed by atoms with E-state index in [1.54, 1.807) is 18.6 Å². The summed E-state index contributed by atoms with van der Waals surface area (Å²) in [4.78, 5) is 20.5. The Labute approximate surface area is 146 Å². The summed E-state index contributed by atoms with van der Waals surface area (Å²) >= 11 is 3.59. The van der Waals surface area contributed by atoms with Crippen LogP contribution < -0.4 is 5.43 Å². The monoisotopic (exact) mass is 381 g/mol. The van der Waals surface area contributed by atoms with Gasteiger partial charge in [-0.2, -0.15) is 5.10 Å². The van der Waals surface area contributed by atoms with Crippen molar-refractivity contribution in [3.8, 4) is 0 Å². The van der Waals surface area contributed by atoms with Crippen LogP contribution in [0.15, 0.2) is 58.1 Å². The van der Waals surface area contributed by atoms with Crippen molar-refractivity contribution in [2.24, 2.45) is 12.1 Å². The smallest absolute Gasteiger partial charge is 0.273 e. The Morgan fingerprint density at radius 1 is 1.29 bits per heavy atom. The maximum Gasteiger partial charge on any atom is 0.273 e. The molecular formula is C17H12BrN5O. The number of halogens is 1. The lowest BCUT2D eigenvalue weighted by atomic mass is 10.0. The van der Waals surface area contributed by atoms with Gasteiger partial charge < -0.3 is 4.57 Å². The van der Waals surface area contributed by atoms with Gasteiger partial charge in [0.15, 0.2) is 0 Å². The molecule has 1 aliphatic heterocycles. The van der Waals surface area contributed by atoms with Gasteiger partial charge >= 0.3 is 0 Å². The van der Waals surface area contributed by atoms with Crippen molar-refractivity contribution in [2.75, 3.05) is 0 Å². The van der Waals surface area contributed by atoms with E-state index in [0.717, 1.165) is 20.9 Å². The Bertz CT molecular complexity index is 1020. The molecule has 24 heavy (non-hydrogen) atoms. The van der Waals surface area contributed by atoms with Crippen LogP contribution in [0.2, 0.25) is 0 Å². The van der Waals surface area contributed by atoms with E-state index in [2.05, 4.69) is 36.4 Å². The minimum Gasteiger partial charge on any atom is -0.350 e. The molecule has 0 aliphatic carbocycles. The minimum atomic E-state index is -0.250. The number of aryl methyl sites for hydroxylation is 1. The largest absolute Gasteiger partial charge is 0.350 e. The lowest BCUT2D eigenvalue weighted by Crippen LogP contribution is -2.14. The van der Waals surface area contributed by atoms with Gasteiger partial charge in [0.05, 0.1) is 11.8 Å². The first-order valence-corrected chi connectivity index (χ1v) is 8.04. The number of amides is 1. The maximum absolute atomic E-state index is 12.2. The van der Waals surface area contributed by atoms with E-state index in [1.165, 1.54) is 0 Å². The van der Waals surface area contributed by atoms with Crippen molar-refractivity contribution in [1.82, 2.24) is 20.0 Å². The van der Waals surface area contributed by atoms with Crippen LogP contribution in [0.5, 0.6) is 0 Å². The molecule has 0 fully saturated rings. The molecule has 0 atom stereocenters. The lowest BCUT2D eigenvalue weighted by molar-refractivity contribution is -0.116. The van der Waals surface area contributed by atoms with E-state index in [1.807, 2.05) is 42.1 Å². The summed E-state index contributed by atoms with van der Waals surface area (Å²) in [5, 5.41) is 5.15. The fourth-order valence-electron chi connectivity index (χ4n) is 2.79. The number of hydrogen-bond donors (Lipinski definition) is 1. The first-order valence-electron chi connectivity index (χ1n) is 7.25. The third-order valence-corrected chi connectivity index (χ3v) is 4.53. The number of nitrogens with zero attached hydrogens (tertiary/aromatic N) is 4. The van der Waals surface area contributed by atoms with Gasteiger partial charge in [0.25, 0.3) is 5.91 Å². The van der Waals surface area contributed by atoms with Crippen molar-refractivity contribution in [3.63, 3.8) is 0 Å². The predicted molar refractivity (Wildman–Crippen MR) is 95.3 cm³/mol. The molecule has 118 valence electrons. The SMILES string of the molecule is Cn1cc(/C=C2\C(=O)NN=C2c2cnccn2)c2c(Br)cccc21. The van der Waals surface area contributed by atoms with E-state index in [4.69, 9.17) is 0 Å². The van der Waals surface area contributed by atoms with Crippen LogP contribution in [0.4, 0.5) is 0 Å². The number of carbonyl (C=O) groups excluding carboxylic acids is 1. The predicted octanol–water partition coefficient (Wildman–Crippen LogP) is 2.65. The van der Waals surface area contributed by atoms with Crippen LogP contribution in [0.1, 0.15) is 11.3 Å². The van der Waals surface area contributed by atoms with Gasteiger partial charge in [0.2, 0.25) is 0 Å². The molecule has 1 amide bonds. The zero-order valence-electron chi connectivity index (χ0n) is 12.7. The van der Waals surface area contributed by atoms with Crippen LogP contribution >= 0.6 is 15.9 Å². The first kappa shape index (κ1) is 14.8. The number of aromatic nitrogens is 3. The van der Waals surface area contributed by atoms with Gasteiger partial charge in [-0.25, -0.2) is 5.43 Å². The number of rotatable bonds is 2. The number of benzene rings is 1. The summed E-state index contributed by atoms with van der Waals surface area (Å²) in [7, 11) is 1.98. The summed E-state index contributed by atoms with van der Waals surface area (Å²) in [6.45, 7) is 0. The highest BCUT2D eigenvalue weighted by Gasteiger charge is 2.25. The molecular weight excluding hydrogens is 370 g/mol. The maximum atomic E-state index is 12.2. The van der Waals surface area contributed by atoms with Crippen molar-refractivity contribution < 1.29 is 4.79 Å². The Morgan fingerprint density at radius 2 is 2.17 bits per heavy atom. The molecule has 3 heterocycles. The van der Waals surface area contributed by atoms with E-state index >= 15 is 0 Å². The van der Waals surface area contributed by atoms with E-state index in [-0.39, 0.29) is 5.91 Å². The Morgan fingerprint density at radius 3 is 2.96 bits per heavy atom. The van der Waals surface area contributed by atoms with Gasteiger partial charge in [-0.3, -0.25) is 14.8 Å². The average Bonchev–Trinajstić information content (AvgIpc) is 3.11. The Hall–Kier alpha value is -2.80. The van der Waals surface area contributed by atoms with Gasteiger partial charge in [-0.1, -0.05) is 22.0 Å². The molecule has 1 N–H and O–H groups in total. The summed E-state index contributed by atoms with van der Waals surface area (Å²) in [6.07, 6.45) is 8.57. The normalized spacial score (nSPS) is 15.8. The summed E-state index contributed by atoms with van der Waals surface area (Å²) in [6, 6.07) is 6.00. The Balaban J connectivity index is 1.89. The molecule has 0 saturated carbocycles. The zero-order valence-corrected chi connectivity index (χ0v) is 14.3. The van der Waals surface area contributed by atoms with Crippen LogP contribution in [0.3, 0.4) is 0 Å². The fourth-order valence-corrected chi connectivity index (χ4v) is 3.37. The molecule has 1 aromatic carbocycles. The molecule has 3 aromatic rings. The van der Waals surface area contributed by atoms with E-state index < -0.39 is 0 Å². The van der Waals surface area contributed by atoms with E-state index in [0.29, 0.717) is 17.0 Å². The molecule has 2 aromatic heterocycles. The standard InChI is InChI=1S/C17H12BrN5O/c1-23-9-10(15-12(18)3-2-4-14(15)23)7-11-16(21-22-17(11)24)13-8-19-5-6-20-13/h2-9H,1H3,(H,22,24)/b11-7-. The molecule has 0 radical (unpaired) electrons. The highest BCUT2D eigenvalue weighted by Crippen LogP contribution is 2.30. The summed E-state index contributed by atoms with van der Waals surface area (Å²) in [5.41, 5.74) is 6.04. The van der Waals surface area contributed by atoms with Gasteiger partial charge in [-0.05, 0) is 18.2 Å². The molecule has 0 bridgehead atoms. The van der Waals surface area contributed by atoms with Crippen LogP contribution in [0, 0.1) is 0 Å². The fraction of sp³-hybridized carbons (Fsp3) is 0.0588. The van der Waals surface area contributed by atoms with Gasteiger partial charge in [0.1, 0.15) is 11.4 Å². The highest BCUT2D eigenvalue weighted by atomic mass is 79.9. The molecule has 1 aliphatic rings. The first-order chi connectivity index (χ1) is 11.6. The second-order valence-electron chi connectivity index (χ2n) is 5.38. The number of hydrogen-bond acceptors (Lipinski definition) is 4. The van der Waals surface area contributed by atoms with E-state index in [9.17, 15) is 4.79 Å². The van der Waals surface area contributed by atoms with Crippen molar-refractivity contribution in [1.29, 1.82) is 0 Å². The average molecular weight is 382 g/mol. The lowest BCUT2D eigenvalue weighted by Gasteiger charge is -2.01. The van der Waals surface area contributed by atoms with Crippen LogP contribution in [-0.4, -0.2) is 26.2 Å².